The van der Waals surface area contributed by atoms with Crippen LogP contribution in [0.4, 0.5) is 5.69 Å². The molecule has 0 saturated carbocycles. The van der Waals surface area contributed by atoms with Crippen LogP contribution in [0, 0.1) is 13.8 Å². The van der Waals surface area contributed by atoms with E-state index in [2.05, 4.69) is 5.32 Å². The lowest BCUT2D eigenvalue weighted by Gasteiger charge is -2.13. The third-order valence-corrected chi connectivity index (χ3v) is 5.83. The fourth-order valence-electron chi connectivity index (χ4n) is 3.84. The average molecular weight is 399 g/mol. The van der Waals surface area contributed by atoms with E-state index < -0.39 is 0 Å². The van der Waals surface area contributed by atoms with Crippen LogP contribution in [-0.4, -0.2) is 20.0 Å². The number of fused-ring (bicyclic) bond motifs is 2. The number of anilines is 1. The molecule has 1 amide bonds. The SMILES string of the molecule is Cc1c(Cl)cccc1NC(=O)Cn1c(C)cc2nc3n(c(=O)c21)CCCCC3. The summed E-state index contributed by atoms with van der Waals surface area (Å²) in [5.41, 5.74) is 3.46. The second-order valence-electron chi connectivity index (χ2n) is 7.36. The largest absolute Gasteiger partial charge is 0.330 e. The van der Waals surface area contributed by atoms with Crippen LogP contribution in [0.1, 0.15) is 36.3 Å². The van der Waals surface area contributed by atoms with Gasteiger partial charge in [-0.15, -0.1) is 0 Å². The Morgan fingerprint density at radius 2 is 2.07 bits per heavy atom. The monoisotopic (exact) mass is 398 g/mol. The van der Waals surface area contributed by atoms with E-state index in [4.69, 9.17) is 16.6 Å². The van der Waals surface area contributed by atoms with Crippen molar-refractivity contribution in [2.75, 3.05) is 5.32 Å². The molecule has 3 heterocycles. The fraction of sp³-hybridized carbons (Fsp3) is 0.381. The second-order valence-corrected chi connectivity index (χ2v) is 7.77. The molecule has 0 spiro atoms. The standard InChI is InChI=1S/C21H23ClN4O2/c1-13-11-17-20(21(28)25-10-5-3-4-9-18(25)23-17)26(13)12-19(27)24-16-8-6-7-15(22)14(16)2/h6-8,11H,3-5,9-10,12H2,1-2H3,(H,24,27). The van der Waals surface area contributed by atoms with Crippen molar-refractivity contribution in [2.45, 2.75) is 52.6 Å². The van der Waals surface area contributed by atoms with Crippen LogP contribution < -0.4 is 10.9 Å². The summed E-state index contributed by atoms with van der Waals surface area (Å²) in [5.74, 6) is 0.650. The molecule has 28 heavy (non-hydrogen) atoms. The lowest BCUT2D eigenvalue weighted by atomic mass is 10.2. The van der Waals surface area contributed by atoms with Crippen LogP contribution in [0.2, 0.25) is 5.02 Å². The van der Waals surface area contributed by atoms with Gasteiger partial charge in [-0.05, 0) is 50.5 Å². The molecule has 0 radical (unpaired) electrons. The molecule has 146 valence electrons. The molecule has 1 aromatic carbocycles. The van der Waals surface area contributed by atoms with E-state index in [0.29, 0.717) is 28.3 Å². The van der Waals surface area contributed by atoms with Gasteiger partial charge in [0.15, 0.2) is 0 Å². The summed E-state index contributed by atoms with van der Waals surface area (Å²) in [6, 6.07) is 7.29. The minimum atomic E-state index is -0.203. The number of benzene rings is 1. The van der Waals surface area contributed by atoms with Gasteiger partial charge in [-0.3, -0.25) is 14.2 Å². The van der Waals surface area contributed by atoms with E-state index in [1.807, 2.05) is 26.0 Å². The number of carbonyl (C=O) groups excluding carboxylic acids is 1. The van der Waals surface area contributed by atoms with E-state index >= 15 is 0 Å². The second kappa shape index (κ2) is 7.43. The van der Waals surface area contributed by atoms with Gasteiger partial charge in [0.1, 0.15) is 17.9 Å². The zero-order valence-electron chi connectivity index (χ0n) is 16.1. The van der Waals surface area contributed by atoms with E-state index in [1.165, 1.54) is 0 Å². The Bertz CT molecular complexity index is 1130. The van der Waals surface area contributed by atoms with Crippen LogP contribution in [0.25, 0.3) is 11.0 Å². The van der Waals surface area contributed by atoms with Crippen molar-refractivity contribution >= 4 is 34.2 Å². The van der Waals surface area contributed by atoms with Crippen molar-refractivity contribution in [3.05, 3.63) is 56.7 Å². The van der Waals surface area contributed by atoms with Gasteiger partial charge in [-0.25, -0.2) is 4.98 Å². The zero-order valence-corrected chi connectivity index (χ0v) is 16.8. The predicted molar refractivity (Wildman–Crippen MR) is 111 cm³/mol. The molecular weight excluding hydrogens is 376 g/mol. The van der Waals surface area contributed by atoms with Gasteiger partial charge in [0.25, 0.3) is 5.56 Å². The first-order valence-electron chi connectivity index (χ1n) is 9.60. The highest BCUT2D eigenvalue weighted by molar-refractivity contribution is 6.31. The van der Waals surface area contributed by atoms with E-state index in [-0.39, 0.29) is 18.0 Å². The number of halogens is 1. The lowest BCUT2D eigenvalue weighted by Crippen LogP contribution is -2.28. The maximum atomic E-state index is 13.2. The molecule has 0 atom stereocenters. The Morgan fingerprint density at radius 1 is 1.25 bits per heavy atom. The molecule has 0 fully saturated rings. The first-order chi connectivity index (χ1) is 13.5. The minimum absolute atomic E-state index is 0.0531. The molecule has 1 aliphatic rings. The summed E-state index contributed by atoms with van der Waals surface area (Å²) >= 11 is 6.14. The topological polar surface area (TPSA) is 68.9 Å². The van der Waals surface area contributed by atoms with Gasteiger partial charge in [-0.2, -0.15) is 0 Å². The number of nitrogens with zero attached hydrogens (tertiary/aromatic N) is 3. The van der Waals surface area contributed by atoms with Crippen molar-refractivity contribution in [3.8, 4) is 0 Å². The first-order valence-corrected chi connectivity index (χ1v) is 9.98. The van der Waals surface area contributed by atoms with Crippen LogP contribution in [0.15, 0.2) is 29.1 Å². The fourth-order valence-corrected chi connectivity index (χ4v) is 4.02. The average Bonchev–Trinajstić information content (AvgIpc) is 2.82. The van der Waals surface area contributed by atoms with E-state index in [9.17, 15) is 9.59 Å². The highest BCUT2D eigenvalue weighted by Crippen LogP contribution is 2.23. The van der Waals surface area contributed by atoms with E-state index in [0.717, 1.165) is 42.8 Å². The molecule has 1 N–H and O–H groups in total. The smallest absolute Gasteiger partial charge is 0.278 e. The minimum Gasteiger partial charge on any atom is -0.330 e. The molecule has 6 nitrogen and oxygen atoms in total. The predicted octanol–water partition coefficient (Wildman–Crippen LogP) is 3.83. The summed E-state index contributed by atoms with van der Waals surface area (Å²) in [5, 5.41) is 3.50. The number of amides is 1. The number of rotatable bonds is 3. The van der Waals surface area contributed by atoms with Crippen molar-refractivity contribution in [3.63, 3.8) is 0 Å². The Balaban J connectivity index is 1.70. The lowest BCUT2D eigenvalue weighted by molar-refractivity contribution is -0.116. The molecule has 0 saturated heterocycles. The summed E-state index contributed by atoms with van der Waals surface area (Å²) in [6.07, 6.45) is 3.96. The molecular formula is C21H23ClN4O2. The summed E-state index contributed by atoms with van der Waals surface area (Å²) in [4.78, 5) is 30.6. The van der Waals surface area contributed by atoms with Gasteiger partial charge in [0.2, 0.25) is 5.91 Å². The van der Waals surface area contributed by atoms with Crippen molar-refractivity contribution < 1.29 is 4.79 Å². The van der Waals surface area contributed by atoms with Gasteiger partial charge in [0, 0.05) is 29.4 Å². The molecule has 0 bridgehead atoms. The Hall–Kier alpha value is -2.60. The number of hydrogen-bond donors (Lipinski definition) is 1. The maximum absolute atomic E-state index is 13.2. The summed E-state index contributed by atoms with van der Waals surface area (Å²) < 4.78 is 3.54. The molecule has 4 rings (SSSR count). The van der Waals surface area contributed by atoms with Crippen molar-refractivity contribution in [1.82, 2.24) is 14.1 Å². The number of nitrogens with one attached hydrogen (secondary N) is 1. The number of carbonyl (C=O) groups is 1. The summed E-state index contributed by atoms with van der Waals surface area (Å²) in [7, 11) is 0. The van der Waals surface area contributed by atoms with Crippen LogP contribution in [-0.2, 0) is 24.3 Å². The van der Waals surface area contributed by atoms with E-state index in [1.54, 1.807) is 21.3 Å². The molecule has 7 heteroatoms. The van der Waals surface area contributed by atoms with Gasteiger partial charge < -0.3 is 9.88 Å². The molecule has 3 aromatic rings. The number of aryl methyl sites for hydroxylation is 2. The normalized spacial score (nSPS) is 14.0. The van der Waals surface area contributed by atoms with Gasteiger partial charge in [-0.1, -0.05) is 24.1 Å². The highest BCUT2D eigenvalue weighted by atomic mass is 35.5. The maximum Gasteiger partial charge on any atom is 0.278 e. The van der Waals surface area contributed by atoms with Crippen LogP contribution in [0.5, 0.6) is 0 Å². The Kier molecular flexibility index (Phi) is 4.98. The van der Waals surface area contributed by atoms with Crippen molar-refractivity contribution in [2.24, 2.45) is 0 Å². The molecule has 0 unspecified atom stereocenters. The third-order valence-electron chi connectivity index (χ3n) is 5.42. The molecule has 0 aliphatic carbocycles. The van der Waals surface area contributed by atoms with Crippen molar-refractivity contribution in [1.29, 1.82) is 0 Å². The van der Waals surface area contributed by atoms with Gasteiger partial charge in [0.05, 0.1) is 5.52 Å². The van der Waals surface area contributed by atoms with Crippen LogP contribution in [0.3, 0.4) is 0 Å². The van der Waals surface area contributed by atoms with Crippen LogP contribution >= 0.6 is 11.6 Å². The molecule has 2 aromatic heterocycles. The zero-order chi connectivity index (χ0) is 19.8. The summed E-state index contributed by atoms with van der Waals surface area (Å²) in [6.45, 7) is 4.50. The highest BCUT2D eigenvalue weighted by Gasteiger charge is 2.19. The number of aromatic nitrogens is 3. The third kappa shape index (κ3) is 3.33. The van der Waals surface area contributed by atoms with Gasteiger partial charge >= 0.3 is 0 Å². The quantitative estimate of drug-likeness (QED) is 0.728. The first kappa shape index (κ1) is 18.7. The Morgan fingerprint density at radius 3 is 2.89 bits per heavy atom. The Labute approximate surface area is 168 Å². The molecule has 1 aliphatic heterocycles. The number of hydrogen-bond acceptors (Lipinski definition) is 3.